The first-order valence-electron chi connectivity index (χ1n) is 12.6. The summed E-state index contributed by atoms with van der Waals surface area (Å²) in [6, 6.07) is 9.38. The summed E-state index contributed by atoms with van der Waals surface area (Å²) in [5.41, 5.74) is 0.922. The van der Waals surface area contributed by atoms with E-state index in [9.17, 15) is 14.4 Å². The van der Waals surface area contributed by atoms with Crippen LogP contribution in [-0.4, -0.2) is 61.4 Å². The lowest BCUT2D eigenvalue weighted by Crippen LogP contribution is -2.55. The fourth-order valence-corrected chi connectivity index (χ4v) is 4.74. The van der Waals surface area contributed by atoms with Gasteiger partial charge in [0, 0.05) is 30.3 Å². The van der Waals surface area contributed by atoms with E-state index in [1.807, 2.05) is 13.8 Å². The van der Waals surface area contributed by atoms with Gasteiger partial charge in [-0.05, 0) is 68.5 Å². The second kappa shape index (κ2) is 10.6. The van der Waals surface area contributed by atoms with Gasteiger partial charge in [-0.3, -0.25) is 14.4 Å². The molecular formula is C27H31N3O7. The first-order valence-corrected chi connectivity index (χ1v) is 12.6. The Balaban J connectivity index is 1.26. The van der Waals surface area contributed by atoms with Crippen LogP contribution in [0.1, 0.15) is 53.8 Å². The van der Waals surface area contributed by atoms with Gasteiger partial charge in [-0.15, -0.1) is 0 Å². The number of carbonyl (C=O) groups is 3. The van der Waals surface area contributed by atoms with E-state index in [0.29, 0.717) is 60.1 Å². The Hall–Kier alpha value is -3.95. The summed E-state index contributed by atoms with van der Waals surface area (Å²) in [7, 11) is 0. The Kier molecular flexibility index (Phi) is 7.07. The van der Waals surface area contributed by atoms with Gasteiger partial charge in [0.25, 0.3) is 11.8 Å². The van der Waals surface area contributed by atoms with Crippen molar-refractivity contribution in [2.24, 2.45) is 5.92 Å². The number of amides is 3. The van der Waals surface area contributed by atoms with Gasteiger partial charge >= 0.3 is 0 Å². The van der Waals surface area contributed by atoms with E-state index in [1.165, 1.54) is 0 Å². The summed E-state index contributed by atoms with van der Waals surface area (Å²) >= 11 is 0. The summed E-state index contributed by atoms with van der Waals surface area (Å²) in [6.45, 7) is 5.14. The standard InChI is InChI=1S/C27H31N3O7/c1-3-16(2)28-26(32)24(29-25(31)18-4-6-20-22(12-18)36-14-34-20)17-8-10-30(11-9-17)27(33)19-5-7-21-23(13-19)37-15-35-21/h4-7,12-13,16-17,24H,3,8-11,14-15H2,1-2H3,(H,28,32)(H,29,31)/t16-,24-/m1/s1. The first kappa shape index (κ1) is 24.7. The fraction of sp³-hybridized carbons (Fsp3) is 0.444. The van der Waals surface area contributed by atoms with E-state index in [-0.39, 0.29) is 43.3 Å². The quantitative estimate of drug-likeness (QED) is 0.590. The smallest absolute Gasteiger partial charge is 0.253 e. The van der Waals surface area contributed by atoms with E-state index < -0.39 is 6.04 Å². The molecule has 0 radical (unpaired) electrons. The molecule has 3 amide bonds. The Morgan fingerprint density at radius 2 is 1.43 bits per heavy atom. The van der Waals surface area contributed by atoms with Gasteiger partial charge in [-0.25, -0.2) is 0 Å². The van der Waals surface area contributed by atoms with Crippen molar-refractivity contribution < 1.29 is 33.3 Å². The molecule has 2 atom stereocenters. The predicted octanol–water partition coefficient (Wildman–Crippen LogP) is 2.71. The number of benzene rings is 2. The number of ether oxygens (including phenoxy) is 4. The lowest BCUT2D eigenvalue weighted by atomic mass is 9.88. The van der Waals surface area contributed by atoms with Crippen molar-refractivity contribution in [3.8, 4) is 23.0 Å². The monoisotopic (exact) mass is 509 g/mol. The van der Waals surface area contributed by atoms with Gasteiger partial charge in [0.1, 0.15) is 6.04 Å². The molecule has 10 heteroatoms. The first-order chi connectivity index (χ1) is 17.9. The third-order valence-electron chi connectivity index (χ3n) is 7.12. The maximum Gasteiger partial charge on any atom is 0.253 e. The Morgan fingerprint density at radius 3 is 2.05 bits per heavy atom. The molecule has 5 rings (SSSR count). The summed E-state index contributed by atoms with van der Waals surface area (Å²) in [5, 5.41) is 5.95. The normalized spacial score (nSPS) is 17.7. The van der Waals surface area contributed by atoms with Gasteiger partial charge in [-0.2, -0.15) is 0 Å². The van der Waals surface area contributed by atoms with Crippen molar-refractivity contribution >= 4 is 17.7 Å². The van der Waals surface area contributed by atoms with Crippen molar-refractivity contribution in [3.05, 3.63) is 47.5 Å². The molecule has 0 unspecified atom stereocenters. The van der Waals surface area contributed by atoms with Gasteiger partial charge in [0.2, 0.25) is 19.5 Å². The average Bonchev–Trinajstić information content (AvgIpc) is 3.59. The Morgan fingerprint density at radius 1 is 0.865 bits per heavy atom. The lowest BCUT2D eigenvalue weighted by molar-refractivity contribution is -0.125. The summed E-state index contributed by atoms with van der Waals surface area (Å²) in [4.78, 5) is 41.3. The van der Waals surface area contributed by atoms with Crippen LogP contribution in [0.15, 0.2) is 36.4 Å². The van der Waals surface area contributed by atoms with Crippen molar-refractivity contribution in [1.82, 2.24) is 15.5 Å². The van der Waals surface area contributed by atoms with Crippen LogP contribution in [-0.2, 0) is 4.79 Å². The molecule has 0 aliphatic carbocycles. The van der Waals surface area contributed by atoms with Crippen LogP contribution in [0.25, 0.3) is 0 Å². The third-order valence-corrected chi connectivity index (χ3v) is 7.12. The molecule has 1 fully saturated rings. The molecule has 2 N–H and O–H groups in total. The zero-order chi connectivity index (χ0) is 25.9. The number of nitrogens with zero attached hydrogens (tertiary/aromatic N) is 1. The fourth-order valence-electron chi connectivity index (χ4n) is 4.74. The van der Waals surface area contributed by atoms with Crippen LogP contribution in [0.4, 0.5) is 0 Å². The Labute approximate surface area is 215 Å². The summed E-state index contributed by atoms with van der Waals surface area (Å²) in [5.74, 6) is 1.48. The van der Waals surface area contributed by atoms with Gasteiger partial charge < -0.3 is 34.5 Å². The van der Waals surface area contributed by atoms with Crippen molar-refractivity contribution in [1.29, 1.82) is 0 Å². The van der Waals surface area contributed by atoms with Crippen molar-refractivity contribution in [2.45, 2.75) is 45.2 Å². The molecule has 37 heavy (non-hydrogen) atoms. The molecule has 2 aromatic rings. The number of hydrogen-bond acceptors (Lipinski definition) is 7. The molecule has 1 saturated heterocycles. The molecule has 2 aromatic carbocycles. The molecule has 10 nitrogen and oxygen atoms in total. The number of rotatable bonds is 7. The van der Waals surface area contributed by atoms with Gasteiger partial charge in [0.05, 0.1) is 0 Å². The molecule has 3 heterocycles. The highest BCUT2D eigenvalue weighted by Gasteiger charge is 2.35. The number of likely N-dealkylation sites (tertiary alicyclic amines) is 1. The van der Waals surface area contributed by atoms with Gasteiger partial charge in [-0.1, -0.05) is 6.92 Å². The SMILES string of the molecule is CC[C@@H](C)NC(=O)[C@H](NC(=O)c1ccc2c(c1)OCO2)C1CCN(C(=O)c2ccc3c(c2)OCO3)CC1. The van der Waals surface area contributed by atoms with Crippen LogP contribution in [0.2, 0.25) is 0 Å². The zero-order valence-corrected chi connectivity index (χ0v) is 21.0. The zero-order valence-electron chi connectivity index (χ0n) is 21.0. The largest absolute Gasteiger partial charge is 0.454 e. The van der Waals surface area contributed by atoms with E-state index in [2.05, 4.69) is 10.6 Å². The highest BCUT2D eigenvalue weighted by atomic mass is 16.7. The van der Waals surface area contributed by atoms with Crippen LogP contribution in [0, 0.1) is 5.92 Å². The van der Waals surface area contributed by atoms with E-state index in [0.717, 1.165) is 6.42 Å². The Bertz CT molecular complexity index is 1190. The second-order valence-electron chi connectivity index (χ2n) is 9.53. The number of fused-ring (bicyclic) bond motifs is 2. The number of hydrogen-bond donors (Lipinski definition) is 2. The molecule has 3 aliphatic heterocycles. The van der Waals surface area contributed by atoms with Crippen LogP contribution in [0.3, 0.4) is 0 Å². The topological polar surface area (TPSA) is 115 Å². The molecule has 196 valence electrons. The van der Waals surface area contributed by atoms with E-state index in [1.54, 1.807) is 41.3 Å². The summed E-state index contributed by atoms with van der Waals surface area (Å²) < 4.78 is 21.4. The maximum absolute atomic E-state index is 13.2. The highest BCUT2D eigenvalue weighted by Crippen LogP contribution is 2.34. The van der Waals surface area contributed by atoms with Crippen molar-refractivity contribution in [3.63, 3.8) is 0 Å². The highest BCUT2D eigenvalue weighted by molar-refractivity contribution is 5.98. The lowest BCUT2D eigenvalue weighted by Gasteiger charge is -2.36. The minimum atomic E-state index is -0.727. The molecule has 3 aliphatic rings. The molecular weight excluding hydrogens is 478 g/mol. The maximum atomic E-state index is 13.2. The van der Waals surface area contributed by atoms with E-state index in [4.69, 9.17) is 18.9 Å². The number of piperidine rings is 1. The average molecular weight is 510 g/mol. The van der Waals surface area contributed by atoms with Gasteiger partial charge in [0.15, 0.2) is 23.0 Å². The predicted molar refractivity (Wildman–Crippen MR) is 133 cm³/mol. The second-order valence-corrected chi connectivity index (χ2v) is 9.53. The van der Waals surface area contributed by atoms with Crippen LogP contribution in [0.5, 0.6) is 23.0 Å². The minimum Gasteiger partial charge on any atom is -0.454 e. The number of carbonyl (C=O) groups excluding carboxylic acids is 3. The van der Waals surface area contributed by atoms with Crippen molar-refractivity contribution in [2.75, 3.05) is 26.7 Å². The number of nitrogens with one attached hydrogen (secondary N) is 2. The minimum absolute atomic E-state index is 0.0230. The van der Waals surface area contributed by atoms with E-state index >= 15 is 0 Å². The molecule has 0 aromatic heterocycles. The molecule has 0 saturated carbocycles. The summed E-state index contributed by atoms with van der Waals surface area (Å²) in [6.07, 6.45) is 1.93. The van der Waals surface area contributed by atoms with Crippen LogP contribution < -0.4 is 29.6 Å². The third kappa shape index (κ3) is 5.28. The molecule has 0 bridgehead atoms. The van der Waals surface area contributed by atoms with Crippen LogP contribution >= 0.6 is 0 Å². The molecule has 0 spiro atoms.